The predicted octanol–water partition coefficient (Wildman–Crippen LogP) is 3.21. The molecule has 0 saturated heterocycles. The van der Waals surface area contributed by atoms with E-state index in [1.165, 1.54) is 36.6 Å². The van der Waals surface area contributed by atoms with Crippen molar-refractivity contribution in [2.24, 2.45) is 11.7 Å². The van der Waals surface area contributed by atoms with Crippen LogP contribution in [0.4, 0.5) is 0 Å². The van der Waals surface area contributed by atoms with Crippen LogP contribution in [0.5, 0.6) is 0 Å². The fraction of sp³-hybridized carbons (Fsp3) is 0.500. The largest absolute Gasteiger partial charge is 0.464 e. The molecule has 0 spiro atoms. The molecule has 1 heterocycles. The van der Waals surface area contributed by atoms with Crippen molar-refractivity contribution in [3.63, 3.8) is 0 Å². The summed E-state index contributed by atoms with van der Waals surface area (Å²) in [6.07, 6.45) is 7.34. The van der Waals surface area contributed by atoms with Crippen LogP contribution in [0.15, 0.2) is 34.9 Å². The van der Waals surface area contributed by atoms with Crippen molar-refractivity contribution in [1.29, 1.82) is 0 Å². The zero-order valence-corrected chi connectivity index (χ0v) is 11.3. The zero-order valence-electron chi connectivity index (χ0n) is 11.3. The number of nitrogens with two attached hydrogens (primary N) is 1. The highest BCUT2D eigenvalue weighted by molar-refractivity contribution is 5.81. The van der Waals surface area contributed by atoms with Crippen molar-refractivity contribution in [1.82, 2.24) is 5.32 Å². The quantitative estimate of drug-likeness (QED) is 0.836. The van der Waals surface area contributed by atoms with Crippen LogP contribution in [0.25, 0.3) is 11.0 Å². The van der Waals surface area contributed by atoms with E-state index >= 15 is 0 Å². The number of rotatable bonds is 6. The van der Waals surface area contributed by atoms with Gasteiger partial charge in [0.2, 0.25) is 0 Å². The monoisotopic (exact) mass is 258 g/mol. The van der Waals surface area contributed by atoms with E-state index in [1.54, 1.807) is 0 Å². The molecule has 1 unspecified atom stereocenters. The number of para-hydroxylation sites is 1. The second-order valence-corrected chi connectivity index (χ2v) is 5.52. The third kappa shape index (κ3) is 2.67. The molecule has 19 heavy (non-hydrogen) atoms. The van der Waals surface area contributed by atoms with E-state index in [2.05, 4.69) is 11.4 Å². The Labute approximate surface area is 114 Å². The first kappa shape index (κ1) is 12.7. The Kier molecular flexibility index (Phi) is 3.85. The van der Waals surface area contributed by atoms with Gasteiger partial charge in [0, 0.05) is 23.5 Å². The van der Waals surface area contributed by atoms with E-state index in [0.29, 0.717) is 6.54 Å². The van der Waals surface area contributed by atoms with E-state index in [9.17, 15) is 0 Å². The maximum atomic E-state index is 5.91. The van der Waals surface area contributed by atoms with Gasteiger partial charge in [0.15, 0.2) is 0 Å². The Morgan fingerprint density at radius 1 is 1.32 bits per heavy atom. The van der Waals surface area contributed by atoms with Gasteiger partial charge >= 0.3 is 0 Å². The van der Waals surface area contributed by atoms with Gasteiger partial charge in [-0.1, -0.05) is 37.5 Å². The lowest BCUT2D eigenvalue weighted by molar-refractivity contribution is 0.288. The summed E-state index contributed by atoms with van der Waals surface area (Å²) in [6.45, 7) is 1.65. The topological polar surface area (TPSA) is 51.2 Å². The standard InChI is InChI=1S/C16H22N2O/c17-10-15(18-9-8-12-4-3-5-12)14-11-19-16-7-2-1-6-13(14)16/h1-2,6-7,11-12,15,18H,3-5,8-10,17H2. The Morgan fingerprint density at radius 3 is 2.89 bits per heavy atom. The van der Waals surface area contributed by atoms with Crippen molar-refractivity contribution in [3.05, 3.63) is 36.1 Å². The van der Waals surface area contributed by atoms with E-state index < -0.39 is 0 Å². The van der Waals surface area contributed by atoms with Gasteiger partial charge in [0.05, 0.1) is 6.26 Å². The molecular formula is C16H22N2O. The van der Waals surface area contributed by atoms with Gasteiger partial charge in [-0.15, -0.1) is 0 Å². The van der Waals surface area contributed by atoms with Crippen molar-refractivity contribution < 1.29 is 4.42 Å². The van der Waals surface area contributed by atoms with E-state index in [1.807, 2.05) is 24.5 Å². The minimum atomic E-state index is 0.198. The highest BCUT2D eigenvalue weighted by Crippen LogP contribution is 2.29. The van der Waals surface area contributed by atoms with Crippen LogP contribution in [-0.2, 0) is 0 Å². The van der Waals surface area contributed by atoms with Gasteiger partial charge in [-0.05, 0) is 24.9 Å². The van der Waals surface area contributed by atoms with Crippen molar-refractivity contribution >= 4 is 11.0 Å². The zero-order chi connectivity index (χ0) is 13.1. The van der Waals surface area contributed by atoms with Gasteiger partial charge in [-0.3, -0.25) is 0 Å². The molecular weight excluding hydrogens is 236 g/mol. The fourth-order valence-electron chi connectivity index (χ4n) is 2.83. The van der Waals surface area contributed by atoms with Gasteiger partial charge in [0.1, 0.15) is 5.58 Å². The van der Waals surface area contributed by atoms with Gasteiger partial charge in [0.25, 0.3) is 0 Å². The number of fused-ring (bicyclic) bond motifs is 1. The van der Waals surface area contributed by atoms with Gasteiger partial charge < -0.3 is 15.5 Å². The van der Waals surface area contributed by atoms with Crippen LogP contribution in [0, 0.1) is 5.92 Å². The van der Waals surface area contributed by atoms with E-state index in [0.717, 1.165) is 18.0 Å². The molecule has 1 atom stereocenters. The molecule has 102 valence electrons. The Hall–Kier alpha value is -1.32. The predicted molar refractivity (Wildman–Crippen MR) is 78.0 cm³/mol. The number of furan rings is 1. The second kappa shape index (κ2) is 5.76. The molecule has 3 rings (SSSR count). The summed E-state index contributed by atoms with van der Waals surface area (Å²) in [4.78, 5) is 0. The number of benzene rings is 1. The molecule has 3 N–H and O–H groups in total. The van der Waals surface area contributed by atoms with Crippen LogP contribution < -0.4 is 11.1 Å². The van der Waals surface area contributed by atoms with Crippen molar-refractivity contribution in [2.45, 2.75) is 31.7 Å². The molecule has 3 nitrogen and oxygen atoms in total. The average molecular weight is 258 g/mol. The molecule has 1 aliphatic carbocycles. The highest BCUT2D eigenvalue weighted by atomic mass is 16.3. The van der Waals surface area contributed by atoms with Crippen molar-refractivity contribution in [3.8, 4) is 0 Å². The molecule has 1 aromatic carbocycles. The Bertz CT molecular complexity index is 530. The van der Waals surface area contributed by atoms with Gasteiger partial charge in [-0.25, -0.2) is 0 Å². The van der Waals surface area contributed by atoms with Crippen LogP contribution in [0.2, 0.25) is 0 Å². The summed E-state index contributed by atoms with van der Waals surface area (Å²) in [5.41, 5.74) is 8.04. The lowest BCUT2D eigenvalue weighted by Gasteiger charge is -2.26. The average Bonchev–Trinajstić information content (AvgIpc) is 2.81. The summed E-state index contributed by atoms with van der Waals surface area (Å²) in [6, 6.07) is 8.34. The van der Waals surface area contributed by atoms with E-state index in [-0.39, 0.29) is 6.04 Å². The van der Waals surface area contributed by atoms with Crippen LogP contribution in [0.3, 0.4) is 0 Å². The molecule has 1 fully saturated rings. The second-order valence-electron chi connectivity index (χ2n) is 5.52. The molecule has 3 heteroatoms. The molecule has 0 amide bonds. The van der Waals surface area contributed by atoms with Crippen LogP contribution >= 0.6 is 0 Å². The lowest BCUT2D eigenvalue weighted by atomic mass is 9.83. The van der Waals surface area contributed by atoms with Crippen LogP contribution in [0.1, 0.15) is 37.3 Å². The molecule has 0 aliphatic heterocycles. The molecule has 1 aliphatic rings. The first-order chi connectivity index (χ1) is 9.38. The molecule has 0 bridgehead atoms. The summed E-state index contributed by atoms with van der Waals surface area (Å²) in [5, 5.41) is 4.75. The first-order valence-electron chi connectivity index (χ1n) is 7.28. The minimum absolute atomic E-state index is 0.198. The summed E-state index contributed by atoms with van der Waals surface area (Å²) < 4.78 is 5.60. The minimum Gasteiger partial charge on any atom is -0.464 e. The maximum Gasteiger partial charge on any atom is 0.134 e. The highest BCUT2D eigenvalue weighted by Gasteiger charge is 2.19. The third-order valence-electron chi connectivity index (χ3n) is 4.29. The fourth-order valence-corrected chi connectivity index (χ4v) is 2.83. The summed E-state index contributed by atoms with van der Waals surface area (Å²) >= 11 is 0. The Morgan fingerprint density at radius 2 is 2.16 bits per heavy atom. The Balaban J connectivity index is 1.66. The number of hydrogen-bond donors (Lipinski definition) is 2. The maximum absolute atomic E-state index is 5.91. The van der Waals surface area contributed by atoms with Crippen molar-refractivity contribution in [2.75, 3.05) is 13.1 Å². The smallest absolute Gasteiger partial charge is 0.134 e. The molecule has 0 radical (unpaired) electrons. The molecule has 1 saturated carbocycles. The SMILES string of the molecule is NCC(NCCC1CCC1)c1coc2ccccc12. The summed E-state index contributed by atoms with van der Waals surface area (Å²) in [5.74, 6) is 0.937. The van der Waals surface area contributed by atoms with E-state index in [4.69, 9.17) is 10.2 Å². The normalized spacial score (nSPS) is 17.5. The lowest BCUT2D eigenvalue weighted by Crippen LogP contribution is -2.30. The van der Waals surface area contributed by atoms with Crippen LogP contribution in [-0.4, -0.2) is 13.1 Å². The molecule has 2 aromatic rings. The van der Waals surface area contributed by atoms with Gasteiger partial charge in [-0.2, -0.15) is 0 Å². The summed E-state index contributed by atoms with van der Waals surface area (Å²) in [7, 11) is 0. The third-order valence-corrected chi connectivity index (χ3v) is 4.29. The number of nitrogens with one attached hydrogen (secondary N) is 1. The molecule has 1 aromatic heterocycles. The number of hydrogen-bond acceptors (Lipinski definition) is 3. The first-order valence-corrected chi connectivity index (χ1v) is 7.28.